The summed E-state index contributed by atoms with van der Waals surface area (Å²) in [6, 6.07) is 11.6. The summed E-state index contributed by atoms with van der Waals surface area (Å²) in [5, 5.41) is 0.886. The van der Waals surface area contributed by atoms with Gasteiger partial charge in [-0.3, -0.25) is 14.5 Å². The number of fused-ring (bicyclic) bond motifs is 1. The average molecular weight is 466 g/mol. The molecular weight excluding hydrogens is 434 g/mol. The lowest BCUT2D eigenvalue weighted by Crippen LogP contribution is -2.49. The molecule has 1 fully saturated rings. The van der Waals surface area contributed by atoms with E-state index in [2.05, 4.69) is 4.90 Å². The smallest absolute Gasteiger partial charge is 0.242 e. The summed E-state index contributed by atoms with van der Waals surface area (Å²) in [5.74, 6) is 1.94. The van der Waals surface area contributed by atoms with E-state index >= 15 is 0 Å². The second-order valence-corrected chi connectivity index (χ2v) is 8.39. The van der Waals surface area contributed by atoms with Gasteiger partial charge in [0.05, 0.1) is 21.3 Å². The number of hydrogen-bond donors (Lipinski definition) is 0. The van der Waals surface area contributed by atoms with Crippen molar-refractivity contribution in [3.63, 3.8) is 0 Å². The lowest BCUT2D eigenvalue weighted by molar-refractivity contribution is -0.133. The van der Waals surface area contributed by atoms with Gasteiger partial charge >= 0.3 is 0 Å². The lowest BCUT2D eigenvalue weighted by atomic mass is 10.1. The van der Waals surface area contributed by atoms with Crippen molar-refractivity contribution in [2.75, 3.05) is 47.5 Å². The Morgan fingerprint density at radius 1 is 0.882 bits per heavy atom. The van der Waals surface area contributed by atoms with Gasteiger partial charge in [-0.1, -0.05) is 24.3 Å². The average Bonchev–Trinajstić information content (AvgIpc) is 3.22. The molecule has 0 unspecified atom stereocenters. The summed E-state index contributed by atoms with van der Waals surface area (Å²) in [4.78, 5) is 29.3. The highest BCUT2D eigenvalue weighted by atomic mass is 16.5. The first-order valence-electron chi connectivity index (χ1n) is 11.3. The predicted octanol–water partition coefficient (Wildman–Crippen LogP) is 3.21. The molecule has 2 aromatic carbocycles. The number of ether oxygens (including phenoxy) is 3. The summed E-state index contributed by atoms with van der Waals surface area (Å²) < 4.78 is 18.4. The van der Waals surface area contributed by atoms with Crippen molar-refractivity contribution in [3.05, 3.63) is 53.7 Å². The number of rotatable bonds is 8. The van der Waals surface area contributed by atoms with Crippen LogP contribution in [0.4, 0.5) is 0 Å². The van der Waals surface area contributed by atoms with Crippen molar-refractivity contribution in [1.29, 1.82) is 0 Å². The van der Waals surface area contributed by atoms with Crippen LogP contribution in [0, 0.1) is 0 Å². The fraction of sp³-hybridized carbons (Fsp3) is 0.385. The van der Waals surface area contributed by atoms with Gasteiger partial charge in [0.25, 0.3) is 0 Å². The Balaban J connectivity index is 1.41. The number of para-hydroxylation sites is 1. The van der Waals surface area contributed by atoms with E-state index in [1.165, 1.54) is 0 Å². The molecule has 0 bridgehead atoms. The van der Waals surface area contributed by atoms with Crippen LogP contribution >= 0.6 is 0 Å². The summed E-state index contributed by atoms with van der Waals surface area (Å²) in [6.07, 6.45) is 1.80. The monoisotopic (exact) mass is 465 g/mol. The number of methoxy groups -OCH3 is 3. The van der Waals surface area contributed by atoms with Crippen molar-refractivity contribution < 1.29 is 23.8 Å². The molecule has 0 N–H and O–H groups in total. The fourth-order valence-electron chi connectivity index (χ4n) is 4.59. The minimum Gasteiger partial charge on any atom is -0.493 e. The predicted molar refractivity (Wildman–Crippen MR) is 130 cm³/mol. The van der Waals surface area contributed by atoms with E-state index in [9.17, 15) is 9.59 Å². The van der Waals surface area contributed by atoms with Gasteiger partial charge in [-0.15, -0.1) is 0 Å². The highest BCUT2D eigenvalue weighted by Crippen LogP contribution is 2.40. The number of ketones is 1. The Hall–Kier alpha value is -3.52. The largest absolute Gasteiger partial charge is 0.493 e. The maximum Gasteiger partial charge on any atom is 0.242 e. The van der Waals surface area contributed by atoms with Crippen LogP contribution in [0.2, 0.25) is 0 Å². The zero-order chi connectivity index (χ0) is 24.2. The molecule has 180 valence electrons. The van der Waals surface area contributed by atoms with Gasteiger partial charge in [0.2, 0.25) is 11.7 Å². The van der Waals surface area contributed by atoms with Gasteiger partial charge in [-0.2, -0.15) is 0 Å². The van der Waals surface area contributed by atoms with Crippen molar-refractivity contribution in [2.45, 2.75) is 20.0 Å². The molecule has 2 heterocycles. The maximum absolute atomic E-state index is 13.1. The Kier molecular flexibility index (Phi) is 7.07. The molecule has 34 heavy (non-hydrogen) atoms. The lowest BCUT2D eigenvalue weighted by Gasteiger charge is -2.35. The second-order valence-electron chi connectivity index (χ2n) is 8.39. The minimum absolute atomic E-state index is 0.00149. The molecule has 0 saturated carbocycles. The van der Waals surface area contributed by atoms with E-state index in [-0.39, 0.29) is 18.2 Å². The molecule has 4 rings (SSSR count). The van der Waals surface area contributed by atoms with E-state index in [4.69, 9.17) is 14.2 Å². The van der Waals surface area contributed by atoms with E-state index in [0.29, 0.717) is 42.4 Å². The number of carbonyl (C=O) groups is 2. The molecule has 0 atom stereocenters. The number of benzene rings is 2. The van der Waals surface area contributed by atoms with E-state index < -0.39 is 0 Å². The van der Waals surface area contributed by atoms with Gasteiger partial charge in [-0.05, 0) is 19.1 Å². The van der Waals surface area contributed by atoms with Crippen LogP contribution in [0.15, 0.2) is 42.6 Å². The molecule has 1 aliphatic heterocycles. The van der Waals surface area contributed by atoms with Crippen LogP contribution in [0.3, 0.4) is 0 Å². The molecule has 1 amide bonds. The third-order valence-electron chi connectivity index (χ3n) is 6.38. The number of aromatic nitrogens is 1. The Bertz CT molecular complexity index is 1190. The standard InChI is InChI=1S/C26H31N3O5/c1-18(30)21-16-29(22-8-6-5-7-20(21)22)17-24(31)28-13-11-27(12-14-28)15-19-9-10-23(32-2)26(34-4)25(19)33-3/h5-10,16H,11-15,17H2,1-4H3. The van der Waals surface area contributed by atoms with E-state index in [1.807, 2.05) is 45.9 Å². The van der Waals surface area contributed by atoms with E-state index in [0.717, 1.165) is 29.6 Å². The van der Waals surface area contributed by atoms with Crippen LogP contribution in [0.25, 0.3) is 10.9 Å². The molecule has 3 aromatic rings. The normalized spacial score (nSPS) is 14.3. The third kappa shape index (κ3) is 4.59. The summed E-state index contributed by atoms with van der Waals surface area (Å²) in [5.41, 5.74) is 2.56. The molecule has 0 spiro atoms. The Morgan fingerprint density at radius 3 is 2.24 bits per heavy atom. The van der Waals surface area contributed by atoms with Gasteiger partial charge in [-0.25, -0.2) is 0 Å². The van der Waals surface area contributed by atoms with Crippen molar-refractivity contribution >= 4 is 22.6 Å². The third-order valence-corrected chi connectivity index (χ3v) is 6.38. The first-order chi connectivity index (χ1) is 16.5. The van der Waals surface area contributed by atoms with Crippen LogP contribution in [0.5, 0.6) is 17.2 Å². The van der Waals surface area contributed by atoms with Crippen LogP contribution < -0.4 is 14.2 Å². The first kappa shape index (κ1) is 23.6. The highest BCUT2D eigenvalue weighted by molar-refractivity contribution is 6.07. The molecule has 0 aliphatic carbocycles. The van der Waals surface area contributed by atoms with Crippen LogP contribution in [-0.4, -0.2) is 73.6 Å². The fourth-order valence-corrected chi connectivity index (χ4v) is 4.59. The number of amides is 1. The molecule has 8 nitrogen and oxygen atoms in total. The van der Waals surface area contributed by atoms with Gasteiger partial charge in [0.15, 0.2) is 17.3 Å². The Labute approximate surface area is 199 Å². The number of piperazine rings is 1. The Morgan fingerprint density at radius 2 is 1.59 bits per heavy atom. The summed E-state index contributed by atoms with van der Waals surface area (Å²) in [6.45, 7) is 5.27. The first-order valence-corrected chi connectivity index (χ1v) is 11.3. The molecular formula is C26H31N3O5. The molecule has 1 aliphatic rings. The zero-order valence-corrected chi connectivity index (χ0v) is 20.2. The topological polar surface area (TPSA) is 73.2 Å². The SMILES string of the molecule is COc1ccc(CN2CCN(C(=O)Cn3cc(C(C)=O)c4ccccc43)CC2)c(OC)c1OC. The maximum atomic E-state index is 13.1. The van der Waals surface area contributed by atoms with Crippen LogP contribution in [0.1, 0.15) is 22.8 Å². The molecule has 0 radical (unpaired) electrons. The zero-order valence-electron chi connectivity index (χ0n) is 20.2. The van der Waals surface area contributed by atoms with Crippen molar-refractivity contribution in [1.82, 2.24) is 14.4 Å². The van der Waals surface area contributed by atoms with Crippen molar-refractivity contribution in [3.8, 4) is 17.2 Å². The van der Waals surface area contributed by atoms with Gasteiger partial charge in [0, 0.05) is 61.0 Å². The second kappa shape index (κ2) is 10.2. The molecule has 1 aromatic heterocycles. The molecule has 1 saturated heterocycles. The summed E-state index contributed by atoms with van der Waals surface area (Å²) >= 11 is 0. The quantitative estimate of drug-likeness (QED) is 0.476. The number of Topliss-reactive ketones (excluding diaryl/α,β-unsaturated/α-hetero) is 1. The van der Waals surface area contributed by atoms with Crippen LogP contribution in [-0.2, 0) is 17.9 Å². The number of hydrogen-bond acceptors (Lipinski definition) is 6. The molecule has 8 heteroatoms. The minimum atomic E-state index is 0.00149. The number of carbonyl (C=O) groups excluding carboxylic acids is 2. The van der Waals surface area contributed by atoms with Gasteiger partial charge in [0.1, 0.15) is 6.54 Å². The highest BCUT2D eigenvalue weighted by Gasteiger charge is 2.24. The summed E-state index contributed by atoms with van der Waals surface area (Å²) in [7, 11) is 4.83. The van der Waals surface area contributed by atoms with E-state index in [1.54, 1.807) is 34.4 Å². The number of nitrogens with zero attached hydrogens (tertiary/aromatic N) is 3. The van der Waals surface area contributed by atoms with Crippen molar-refractivity contribution in [2.24, 2.45) is 0 Å². The van der Waals surface area contributed by atoms with Gasteiger partial charge < -0.3 is 23.7 Å².